The molecule has 0 amide bonds. The summed E-state index contributed by atoms with van der Waals surface area (Å²) >= 11 is 0. The van der Waals surface area contributed by atoms with Gasteiger partial charge in [-0.3, -0.25) is 0 Å². The van der Waals surface area contributed by atoms with Crippen LogP contribution in [0.2, 0.25) is 0 Å². The average Bonchev–Trinajstić information content (AvgIpc) is 3.00. The minimum absolute atomic E-state index is 0.0772. The molecule has 1 unspecified atom stereocenters. The first kappa shape index (κ1) is 26.6. The van der Waals surface area contributed by atoms with Crippen molar-refractivity contribution in [3.8, 4) is 0 Å². The summed E-state index contributed by atoms with van der Waals surface area (Å²) in [4.78, 5) is 24.2. The SMILES string of the molecule is O=C(OCC(OOCc1ccc(C2CCCCC2)cc1)c1ccccc1)c1ccc(C2CCCCC2)cc1. The Balaban J connectivity index is 1.14. The molecular formula is C34H40O4. The maximum atomic E-state index is 12.8. The van der Waals surface area contributed by atoms with Crippen molar-refractivity contribution in [3.63, 3.8) is 0 Å². The molecule has 0 N–H and O–H groups in total. The highest BCUT2D eigenvalue weighted by atomic mass is 17.2. The summed E-state index contributed by atoms with van der Waals surface area (Å²) < 4.78 is 5.67. The van der Waals surface area contributed by atoms with Crippen LogP contribution in [-0.2, 0) is 21.1 Å². The summed E-state index contributed by atoms with van der Waals surface area (Å²) in [5, 5.41) is 0. The van der Waals surface area contributed by atoms with Gasteiger partial charge < -0.3 is 4.74 Å². The molecular weight excluding hydrogens is 472 g/mol. The Kier molecular flexibility index (Phi) is 9.63. The standard InChI is InChI=1S/C34H40O4/c35-34(32-22-20-30(21-23-32)28-12-6-2-7-13-28)36-25-33(31-14-8-3-9-15-31)38-37-24-26-16-18-29(19-17-26)27-10-4-1-5-11-27/h3,8-9,14-23,27-28,33H,1-2,4-7,10-13,24-25H2. The summed E-state index contributed by atoms with van der Waals surface area (Å²) in [7, 11) is 0. The van der Waals surface area contributed by atoms with E-state index in [9.17, 15) is 4.79 Å². The maximum absolute atomic E-state index is 12.8. The normalized spacial score (nSPS) is 17.7. The monoisotopic (exact) mass is 512 g/mol. The van der Waals surface area contributed by atoms with Crippen molar-refractivity contribution < 1.29 is 19.3 Å². The third-order valence-electron chi connectivity index (χ3n) is 8.23. The van der Waals surface area contributed by atoms with Gasteiger partial charge in [-0.15, -0.1) is 0 Å². The van der Waals surface area contributed by atoms with Gasteiger partial charge in [0.25, 0.3) is 0 Å². The van der Waals surface area contributed by atoms with Crippen LogP contribution in [0.3, 0.4) is 0 Å². The predicted octanol–water partition coefficient (Wildman–Crippen LogP) is 8.83. The molecule has 2 aliphatic rings. The minimum Gasteiger partial charge on any atom is -0.459 e. The molecule has 38 heavy (non-hydrogen) atoms. The van der Waals surface area contributed by atoms with Crippen LogP contribution in [0.5, 0.6) is 0 Å². The van der Waals surface area contributed by atoms with Gasteiger partial charge in [0, 0.05) is 0 Å². The fraction of sp³-hybridized carbons (Fsp3) is 0.441. The third kappa shape index (κ3) is 7.33. The molecule has 5 rings (SSSR count). The van der Waals surface area contributed by atoms with E-state index >= 15 is 0 Å². The summed E-state index contributed by atoms with van der Waals surface area (Å²) in [6.45, 7) is 0.415. The summed E-state index contributed by atoms with van der Waals surface area (Å²) in [5.74, 6) is 0.962. The van der Waals surface area contributed by atoms with Crippen molar-refractivity contribution in [1.29, 1.82) is 0 Å². The van der Waals surface area contributed by atoms with Gasteiger partial charge in [0.1, 0.15) is 13.2 Å². The smallest absolute Gasteiger partial charge is 0.338 e. The van der Waals surface area contributed by atoms with Crippen LogP contribution in [0.4, 0.5) is 0 Å². The Hall–Kier alpha value is -2.95. The zero-order valence-corrected chi connectivity index (χ0v) is 22.4. The second-order valence-corrected chi connectivity index (χ2v) is 10.9. The minimum atomic E-state index is -0.511. The topological polar surface area (TPSA) is 44.8 Å². The maximum Gasteiger partial charge on any atom is 0.338 e. The van der Waals surface area contributed by atoms with Crippen molar-refractivity contribution in [1.82, 2.24) is 0 Å². The van der Waals surface area contributed by atoms with Gasteiger partial charge in [-0.1, -0.05) is 105 Å². The Morgan fingerprint density at radius 2 is 1.24 bits per heavy atom. The Morgan fingerprint density at radius 3 is 1.82 bits per heavy atom. The van der Waals surface area contributed by atoms with E-state index in [2.05, 4.69) is 36.4 Å². The lowest BCUT2D eigenvalue weighted by Crippen LogP contribution is -2.16. The highest BCUT2D eigenvalue weighted by Crippen LogP contribution is 2.33. The lowest BCUT2D eigenvalue weighted by molar-refractivity contribution is -0.340. The van der Waals surface area contributed by atoms with Crippen molar-refractivity contribution >= 4 is 5.97 Å². The molecule has 0 radical (unpaired) electrons. The van der Waals surface area contributed by atoms with Crippen LogP contribution in [0.15, 0.2) is 78.9 Å². The van der Waals surface area contributed by atoms with Crippen LogP contribution < -0.4 is 0 Å². The average molecular weight is 513 g/mol. The summed E-state index contributed by atoms with van der Waals surface area (Å²) in [6, 6.07) is 26.4. The molecule has 2 fully saturated rings. The number of benzene rings is 3. The fourth-order valence-corrected chi connectivity index (χ4v) is 5.92. The van der Waals surface area contributed by atoms with E-state index in [1.165, 1.54) is 75.3 Å². The molecule has 4 heteroatoms. The van der Waals surface area contributed by atoms with Gasteiger partial charge in [-0.05, 0) is 71.9 Å². The Morgan fingerprint density at radius 1 is 0.684 bits per heavy atom. The second-order valence-electron chi connectivity index (χ2n) is 10.9. The molecule has 0 saturated heterocycles. The first-order valence-corrected chi connectivity index (χ1v) is 14.5. The van der Waals surface area contributed by atoms with E-state index in [4.69, 9.17) is 14.5 Å². The van der Waals surface area contributed by atoms with Gasteiger partial charge >= 0.3 is 5.97 Å². The zero-order valence-electron chi connectivity index (χ0n) is 22.4. The first-order valence-electron chi connectivity index (χ1n) is 14.5. The van der Waals surface area contributed by atoms with Gasteiger partial charge in [-0.2, -0.15) is 0 Å². The number of esters is 1. The molecule has 2 saturated carbocycles. The number of hydrogen-bond donors (Lipinski definition) is 0. The molecule has 2 aliphatic carbocycles. The van der Waals surface area contributed by atoms with Crippen molar-refractivity contribution in [3.05, 3.63) is 107 Å². The van der Waals surface area contributed by atoms with E-state index in [-0.39, 0.29) is 12.6 Å². The zero-order chi connectivity index (χ0) is 26.0. The molecule has 3 aromatic carbocycles. The predicted molar refractivity (Wildman–Crippen MR) is 150 cm³/mol. The fourth-order valence-electron chi connectivity index (χ4n) is 5.92. The highest BCUT2D eigenvalue weighted by molar-refractivity contribution is 5.89. The second kappa shape index (κ2) is 13.7. The van der Waals surface area contributed by atoms with Crippen molar-refractivity contribution in [2.75, 3.05) is 6.61 Å². The molecule has 3 aromatic rings. The summed E-state index contributed by atoms with van der Waals surface area (Å²) in [6.07, 6.45) is 12.5. The van der Waals surface area contributed by atoms with Crippen molar-refractivity contribution in [2.45, 2.75) is 88.8 Å². The van der Waals surface area contributed by atoms with Crippen LogP contribution >= 0.6 is 0 Å². The van der Waals surface area contributed by atoms with Crippen LogP contribution in [0.1, 0.15) is 115 Å². The highest BCUT2D eigenvalue weighted by Gasteiger charge is 2.20. The molecule has 1 atom stereocenters. The number of rotatable bonds is 10. The van der Waals surface area contributed by atoms with Gasteiger partial charge in [0.05, 0.1) is 5.56 Å². The molecule has 0 spiro atoms. The van der Waals surface area contributed by atoms with Crippen LogP contribution in [0, 0.1) is 0 Å². The lowest BCUT2D eigenvalue weighted by atomic mass is 9.84. The van der Waals surface area contributed by atoms with E-state index in [0.717, 1.165) is 11.1 Å². The van der Waals surface area contributed by atoms with Gasteiger partial charge in [0.2, 0.25) is 0 Å². The van der Waals surface area contributed by atoms with E-state index in [1.807, 2.05) is 42.5 Å². The number of carbonyl (C=O) groups excluding carboxylic acids is 1. The van der Waals surface area contributed by atoms with E-state index in [0.29, 0.717) is 24.0 Å². The van der Waals surface area contributed by atoms with Crippen molar-refractivity contribution in [2.24, 2.45) is 0 Å². The van der Waals surface area contributed by atoms with E-state index < -0.39 is 6.10 Å². The van der Waals surface area contributed by atoms with Gasteiger partial charge in [-0.25, -0.2) is 14.6 Å². The number of ether oxygens (including phenoxy) is 1. The molecule has 0 aromatic heterocycles. The van der Waals surface area contributed by atoms with E-state index in [1.54, 1.807) is 0 Å². The number of hydrogen-bond acceptors (Lipinski definition) is 4. The third-order valence-corrected chi connectivity index (χ3v) is 8.23. The quantitative estimate of drug-likeness (QED) is 0.155. The molecule has 0 aliphatic heterocycles. The van der Waals surface area contributed by atoms with Crippen LogP contribution in [-0.4, -0.2) is 12.6 Å². The first-order chi connectivity index (χ1) is 18.8. The largest absolute Gasteiger partial charge is 0.459 e. The molecule has 200 valence electrons. The molecule has 4 nitrogen and oxygen atoms in total. The number of carbonyl (C=O) groups is 1. The summed E-state index contributed by atoms with van der Waals surface area (Å²) in [5.41, 5.74) is 5.28. The Bertz CT molecular complexity index is 1110. The van der Waals surface area contributed by atoms with Crippen LogP contribution in [0.25, 0.3) is 0 Å². The lowest BCUT2D eigenvalue weighted by Gasteiger charge is -2.22. The molecule has 0 bridgehead atoms. The Labute approximate surface area is 227 Å². The van der Waals surface area contributed by atoms with Gasteiger partial charge in [0.15, 0.2) is 6.10 Å². The molecule has 0 heterocycles.